The minimum atomic E-state index is -2.03. The fourth-order valence-corrected chi connectivity index (χ4v) is 2.53. The lowest BCUT2D eigenvalue weighted by molar-refractivity contribution is 0.488. The summed E-state index contributed by atoms with van der Waals surface area (Å²) in [6, 6.07) is 21.0. The van der Waals surface area contributed by atoms with Crippen molar-refractivity contribution in [2.45, 2.75) is 0 Å². The standard InChI is InChI=1S/C17H15NO3S/c1-18(22(19)20)14-9-11-15(12-10-14)21-17-8-4-6-13-5-2-3-7-16(13)17/h2-12H,1H3,(H,19,20). The number of anilines is 1. The molecule has 4 nitrogen and oxygen atoms in total. The van der Waals surface area contributed by atoms with Crippen LogP contribution in [0.25, 0.3) is 10.8 Å². The Morgan fingerprint density at radius 1 is 0.955 bits per heavy atom. The SMILES string of the molecule is CN(c1ccc(Oc2cccc3ccccc23)cc1)S(=O)O. The number of hydrogen-bond acceptors (Lipinski definition) is 2. The van der Waals surface area contributed by atoms with Gasteiger partial charge in [-0.2, -0.15) is 0 Å². The predicted octanol–water partition coefficient (Wildman–Crippen LogP) is 4.21. The van der Waals surface area contributed by atoms with Gasteiger partial charge in [-0.15, -0.1) is 0 Å². The van der Waals surface area contributed by atoms with Gasteiger partial charge in [0, 0.05) is 12.4 Å². The quantitative estimate of drug-likeness (QED) is 0.734. The van der Waals surface area contributed by atoms with Crippen LogP contribution in [0.3, 0.4) is 0 Å². The van der Waals surface area contributed by atoms with E-state index in [2.05, 4.69) is 0 Å². The molecule has 0 aromatic heterocycles. The van der Waals surface area contributed by atoms with Gasteiger partial charge in [0.25, 0.3) is 11.3 Å². The fourth-order valence-electron chi connectivity index (χ4n) is 2.23. The van der Waals surface area contributed by atoms with Crippen LogP contribution in [0.15, 0.2) is 66.7 Å². The van der Waals surface area contributed by atoms with E-state index in [4.69, 9.17) is 9.29 Å². The third-order valence-corrected chi connectivity index (χ3v) is 4.09. The third kappa shape index (κ3) is 2.95. The summed E-state index contributed by atoms with van der Waals surface area (Å²) in [6.45, 7) is 0. The van der Waals surface area contributed by atoms with Gasteiger partial charge in [0.2, 0.25) is 0 Å². The molecular formula is C17H15NO3S. The van der Waals surface area contributed by atoms with E-state index in [1.807, 2.05) is 42.5 Å². The van der Waals surface area contributed by atoms with Gasteiger partial charge < -0.3 is 4.74 Å². The molecule has 0 saturated carbocycles. The highest BCUT2D eigenvalue weighted by Gasteiger charge is 2.07. The second-order valence-corrected chi connectivity index (χ2v) is 5.81. The Labute approximate surface area is 131 Å². The molecule has 0 amide bonds. The lowest BCUT2D eigenvalue weighted by Gasteiger charge is -2.14. The van der Waals surface area contributed by atoms with Crippen molar-refractivity contribution < 1.29 is 13.5 Å². The molecule has 0 aliphatic rings. The second-order valence-electron chi connectivity index (χ2n) is 4.80. The second kappa shape index (κ2) is 6.17. The molecule has 0 spiro atoms. The minimum Gasteiger partial charge on any atom is -0.457 e. The van der Waals surface area contributed by atoms with E-state index in [0.29, 0.717) is 11.4 Å². The molecule has 112 valence electrons. The molecule has 1 atom stereocenters. The lowest BCUT2D eigenvalue weighted by Crippen LogP contribution is -2.18. The Morgan fingerprint density at radius 3 is 2.36 bits per heavy atom. The molecule has 0 aliphatic carbocycles. The van der Waals surface area contributed by atoms with E-state index in [0.717, 1.165) is 16.5 Å². The molecule has 0 bridgehead atoms. The van der Waals surface area contributed by atoms with Crippen molar-refractivity contribution in [3.8, 4) is 11.5 Å². The van der Waals surface area contributed by atoms with Crippen LogP contribution in [0.2, 0.25) is 0 Å². The molecule has 3 aromatic carbocycles. The van der Waals surface area contributed by atoms with Gasteiger partial charge in [-0.3, -0.25) is 8.86 Å². The first-order chi connectivity index (χ1) is 10.6. The summed E-state index contributed by atoms with van der Waals surface area (Å²) in [5.41, 5.74) is 0.645. The van der Waals surface area contributed by atoms with Crippen LogP contribution in [-0.2, 0) is 11.3 Å². The Hall–Kier alpha value is -2.37. The van der Waals surface area contributed by atoms with E-state index in [-0.39, 0.29) is 0 Å². The maximum atomic E-state index is 11.0. The number of benzene rings is 3. The highest BCUT2D eigenvalue weighted by Crippen LogP contribution is 2.30. The van der Waals surface area contributed by atoms with Gasteiger partial charge in [0.15, 0.2) is 0 Å². The third-order valence-electron chi connectivity index (χ3n) is 3.41. The molecule has 0 radical (unpaired) electrons. The van der Waals surface area contributed by atoms with E-state index in [1.165, 1.54) is 4.31 Å². The largest absolute Gasteiger partial charge is 0.457 e. The van der Waals surface area contributed by atoms with Gasteiger partial charge in [0.05, 0.1) is 5.69 Å². The van der Waals surface area contributed by atoms with Gasteiger partial charge >= 0.3 is 0 Å². The summed E-state index contributed by atoms with van der Waals surface area (Å²) >= 11 is -2.03. The summed E-state index contributed by atoms with van der Waals surface area (Å²) in [4.78, 5) is 0. The Kier molecular flexibility index (Phi) is 4.09. The molecule has 1 N–H and O–H groups in total. The first-order valence-corrected chi connectivity index (χ1v) is 7.82. The molecule has 5 heteroatoms. The molecule has 0 fully saturated rings. The Bertz CT molecular complexity index is 812. The fraction of sp³-hybridized carbons (Fsp3) is 0.0588. The molecule has 3 rings (SSSR count). The zero-order valence-corrected chi connectivity index (χ0v) is 12.8. The number of hydrogen-bond donors (Lipinski definition) is 1. The first kappa shape index (κ1) is 14.6. The van der Waals surface area contributed by atoms with Gasteiger partial charge in [-0.1, -0.05) is 36.4 Å². The molecule has 1 unspecified atom stereocenters. The van der Waals surface area contributed by atoms with Crippen LogP contribution in [0.5, 0.6) is 11.5 Å². The zero-order valence-electron chi connectivity index (χ0n) is 12.0. The smallest absolute Gasteiger partial charge is 0.261 e. The predicted molar refractivity (Wildman–Crippen MR) is 89.6 cm³/mol. The van der Waals surface area contributed by atoms with Crippen molar-refractivity contribution >= 4 is 27.7 Å². The van der Waals surface area contributed by atoms with Crippen LogP contribution in [-0.4, -0.2) is 15.8 Å². The van der Waals surface area contributed by atoms with Crippen LogP contribution >= 0.6 is 0 Å². The van der Waals surface area contributed by atoms with Crippen molar-refractivity contribution in [1.29, 1.82) is 0 Å². The molecule has 0 aliphatic heterocycles. The maximum absolute atomic E-state index is 11.0. The van der Waals surface area contributed by atoms with Gasteiger partial charge in [-0.25, -0.2) is 4.21 Å². The van der Waals surface area contributed by atoms with E-state index >= 15 is 0 Å². The molecule has 3 aromatic rings. The summed E-state index contributed by atoms with van der Waals surface area (Å²) < 4.78 is 27.3. The monoisotopic (exact) mass is 313 g/mol. The lowest BCUT2D eigenvalue weighted by atomic mass is 10.1. The maximum Gasteiger partial charge on any atom is 0.261 e. The average Bonchev–Trinajstić information content (AvgIpc) is 2.55. The van der Waals surface area contributed by atoms with Crippen molar-refractivity contribution in [2.75, 3.05) is 11.4 Å². The Balaban J connectivity index is 1.88. The molecule has 0 saturated heterocycles. The minimum absolute atomic E-state index is 0.645. The van der Waals surface area contributed by atoms with Gasteiger partial charge in [-0.05, 0) is 35.7 Å². The highest BCUT2D eigenvalue weighted by molar-refractivity contribution is 7.80. The number of ether oxygens (including phenoxy) is 1. The van der Waals surface area contributed by atoms with Crippen molar-refractivity contribution in [3.05, 3.63) is 66.7 Å². The summed E-state index contributed by atoms with van der Waals surface area (Å²) in [5, 5.41) is 2.16. The van der Waals surface area contributed by atoms with Crippen molar-refractivity contribution in [3.63, 3.8) is 0 Å². The molecule has 0 heterocycles. The Morgan fingerprint density at radius 2 is 1.64 bits per heavy atom. The summed E-state index contributed by atoms with van der Waals surface area (Å²) in [5.74, 6) is 1.46. The molecule has 22 heavy (non-hydrogen) atoms. The highest BCUT2D eigenvalue weighted by atomic mass is 32.2. The van der Waals surface area contributed by atoms with E-state index in [1.54, 1.807) is 31.3 Å². The molecular weight excluding hydrogens is 298 g/mol. The number of nitrogens with zero attached hydrogens (tertiary/aromatic N) is 1. The van der Waals surface area contributed by atoms with E-state index in [9.17, 15) is 4.21 Å². The van der Waals surface area contributed by atoms with E-state index < -0.39 is 11.3 Å². The number of rotatable bonds is 4. The van der Waals surface area contributed by atoms with Crippen LogP contribution in [0.4, 0.5) is 5.69 Å². The van der Waals surface area contributed by atoms with Crippen LogP contribution < -0.4 is 9.04 Å². The van der Waals surface area contributed by atoms with Crippen molar-refractivity contribution in [2.24, 2.45) is 0 Å². The summed E-state index contributed by atoms with van der Waals surface area (Å²) in [7, 11) is 1.55. The number of fused-ring (bicyclic) bond motifs is 1. The average molecular weight is 313 g/mol. The topological polar surface area (TPSA) is 49.8 Å². The zero-order chi connectivity index (χ0) is 15.5. The van der Waals surface area contributed by atoms with Crippen LogP contribution in [0, 0.1) is 0 Å². The normalized spacial score (nSPS) is 12.1. The van der Waals surface area contributed by atoms with Gasteiger partial charge in [0.1, 0.15) is 11.5 Å². The first-order valence-electron chi connectivity index (χ1n) is 6.75. The summed E-state index contributed by atoms with van der Waals surface area (Å²) in [6.07, 6.45) is 0. The van der Waals surface area contributed by atoms with Crippen molar-refractivity contribution in [1.82, 2.24) is 0 Å². The van der Waals surface area contributed by atoms with Crippen LogP contribution in [0.1, 0.15) is 0 Å².